The van der Waals surface area contributed by atoms with Crippen LogP contribution in [0.1, 0.15) is 29.9 Å². The second-order valence-electron chi connectivity index (χ2n) is 9.24. The first-order valence-corrected chi connectivity index (χ1v) is 12.2. The molecule has 2 aromatic carbocycles. The molecule has 1 unspecified atom stereocenters. The number of fused-ring (bicyclic) bond motifs is 3. The molecule has 5 atom stereocenters. The van der Waals surface area contributed by atoms with E-state index in [1.165, 1.54) is 11.0 Å². The van der Waals surface area contributed by atoms with Crippen LogP contribution in [0.5, 0.6) is 5.75 Å². The first kappa shape index (κ1) is 24.4. The van der Waals surface area contributed by atoms with Gasteiger partial charge in [-0.15, -0.1) is 0 Å². The van der Waals surface area contributed by atoms with Crippen LogP contribution in [0.2, 0.25) is 0 Å². The summed E-state index contributed by atoms with van der Waals surface area (Å²) in [6.45, 7) is 0.157. The summed E-state index contributed by atoms with van der Waals surface area (Å²) in [6.07, 6.45) is 0.115. The largest absolute Gasteiger partial charge is 0.486 e. The number of aliphatic hydroxyl groups is 2. The number of amides is 2. The van der Waals surface area contributed by atoms with E-state index in [1.54, 1.807) is 36.4 Å². The van der Waals surface area contributed by atoms with Crippen LogP contribution in [-0.4, -0.2) is 71.0 Å². The standard InChI is InChI=1S/C27H29FN2O6/c28-19-8-3-1-6-16(19)15-30(27(34)22-10-5-13-35-22)20-14-18(26(33)29-11-12-31)23-17-7-2-4-9-21(17)36-25(23)24(20)32/h1-4,6-9,14,20,22-25,31-32H,5,10-13,15H2,(H,29,33)/t20-,22?,23+,24+,25+/m1/s1. The summed E-state index contributed by atoms with van der Waals surface area (Å²) >= 11 is 0. The number of aliphatic hydroxyl groups excluding tert-OH is 2. The average Bonchev–Trinajstić information content (AvgIpc) is 3.56. The highest BCUT2D eigenvalue weighted by Gasteiger charge is 2.51. The molecular formula is C27H29FN2O6. The molecule has 36 heavy (non-hydrogen) atoms. The van der Waals surface area contributed by atoms with E-state index in [4.69, 9.17) is 9.47 Å². The van der Waals surface area contributed by atoms with Gasteiger partial charge in [-0.05, 0) is 31.1 Å². The Morgan fingerprint density at radius 2 is 1.92 bits per heavy atom. The Kier molecular flexibility index (Phi) is 7.04. The molecule has 2 aliphatic heterocycles. The zero-order valence-electron chi connectivity index (χ0n) is 19.7. The third-order valence-electron chi connectivity index (χ3n) is 7.02. The van der Waals surface area contributed by atoms with Crippen molar-refractivity contribution in [2.45, 2.75) is 49.7 Å². The number of benzene rings is 2. The van der Waals surface area contributed by atoms with Gasteiger partial charge in [-0.3, -0.25) is 9.59 Å². The first-order chi connectivity index (χ1) is 17.5. The second-order valence-corrected chi connectivity index (χ2v) is 9.24. The molecule has 1 aliphatic carbocycles. The van der Waals surface area contributed by atoms with Gasteiger partial charge in [0.25, 0.3) is 5.91 Å². The SMILES string of the molecule is O=C(NCCO)C1=C[C@@H](N(Cc2ccccc2F)C(=O)C2CCCO2)[C@H](O)[C@H]2Oc3ccccc3[C@@H]12. The molecule has 5 rings (SSSR count). The Morgan fingerprint density at radius 1 is 1.14 bits per heavy atom. The number of rotatable bonds is 7. The van der Waals surface area contributed by atoms with Gasteiger partial charge < -0.3 is 29.9 Å². The van der Waals surface area contributed by atoms with E-state index in [-0.39, 0.29) is 31.2 Å². The van der Waals surface area contributed by atoms with Crippen molar-refractivity contribution in [3.8, 4) is 5.75 Å². The predicted octanol–water partition coefficient (Wildman–Crippen LogP) is 1.66. The summed E-state index contributed by atoms with van der Waals surface area (Å²) in [5.74, 6) is -1.27. The van der Waals surface area contributed by atoms with Crippen LogP contribution in [0, 0.1) is 5.82 Å². The minimum Gasteiger partial charge on any atom is -0.486 e. The van der Waals surface area contributed by atoms with Gasteiger partial charge >= 0.3 is 0 Å². The van der Waals surface area contributed by atoms with Crippen molar-refractivity contribution >= 4 is 11.8 Å². The Bertz CT molecular complexity index is 1160. The van der Waals surface area contributed by atoms with E-state index < -0.39 is 42.0 Å². The van der Waals surface area contributed by atoms with Gasteiger partial charge in [0, 0.05) is 36.4 Å². The maximum Gasteiger partial charge on any atom is 0.252 e. The van der Waals surface area contributed by atoms with Crippen molar-refractivity contribution in [2.24, 2.45) is 0 Å². The fourth-order valence-corrected chi connectivity index (χ4v) is 5.29. The lowest BCUT2D eigenvalue weighted by atomic mass is 9.77. The van der Waals surface area contributed by atoms with Crippen molar-refractivity contribution in [1.29, 1.82) is 0 Å². The van der Waals surface area contributed by atoms with Crippen LogP contribution in [0.25, 0.3) is 0 Å². The second kappa shape index (κ2) is 10.4. The van der Waals surface area contributed by atoms with Gasteiger partial charge in [-0.25, -0.2) is 4.39 Å². The summed E-state index contributed by atoms with van der Waals surface area (Å²) in [5, 5.41) is 23.4. The topological polar surface area (TPSA) is 108 Å². The number of ether oxygens (including phenoxy) is 2. The van der Waals surface area contributed by atoms with Crippen LogP contribution < -0.4 is 10.1 Å². The average molecular weight is 497 g/mol. The highest BCUT2D eigenvalue weighted by atomic mass is 19.1. The van der Waals surface area contributed by atoms with E-state index >= 15 is 0 Å². The van der Waals surface area contributed by atoms with E-state index in [0.29, 0.717) is 24.4 Å². The molecule has 0 radical (unpaired) electrons. The fraction of sp³-hybridized carbons (Fsp3) is 0.407. The molecular weight excluding hydrogens is 467 g/mol. The zero-order valence-corrected chi connectivity index (χ0v) is 19.7. The molecule has 9 heteroatoms. The summed E-state index contributed by atoms with van der Waals surface area (Å²) in [7, 11) is 0. The number of nitrogens with zero attached hydrogens (tertiary/aromatic N) is 1. The van der Waals surface area contributed by atoms with Crippen LogP contribution >= 0.6 is 0 Å². The Morgan fingerprint density at radius 3 is 2.67 bits per heavy atom. The van der Waals surface area contributed by atoms with Crippen LogP contribution in [0.4, 0.5) is 4.39 Å². The molecule has 1 saturated heterocycles. The third kappa shape index (κ3) is 4.50. The summed E-state index contributed by atoms with van der Waals surface area (Å²) in [5.41, 5.74) is 1.37. The van der Waals surface area contributed by atoms with E-state index in [2.05, 4.69) is 5.32 Å². The fourth-order valence-electron chi connectivity index (χ4n) is 5.29. The van der Waals surface area contributed by atoms with Crippen molar-refractivity contribution in [3.05, 3.63) is 77.1 Å². The lowest BCUT2D eigenvalue weighted by molar-refractivity contribution is -0.147. The Labute approximate surface area is 208 Å². The predicted molar refractivity (Wildman–Crippen MR) is 127 cm³/mol. The van der Waals surface area contributed by atoms with Gasteiger partial charge in [0.2, 0.25) is 5.91 Å². The van der Waals surface area contributed by atoms with Crippen molar-refractivity contribution < 1.29 is 33.7 Å². The van der Waals surface area contributed by atoms with Crippen LogP contribution in [-0.2, 0) is 20.9 Å². The number of carbonyl (C=O) groups is 2. The van der Waals surface area contributed by atoms with Gasteiger partial charge in [-0.2, -0.15) is 0 Å². The number of carbonyl (C=O) groups excluding carboxylic acids is 2. The molecule has 3 aliphatic rings. The van der Waals surface area contributed by atoms with Crippen molar-refractivity contribution in [1.82, 2.24) is 10.2 Å². The van der Waals surface area contributed by atoms with Crippen LogP contribution in [0.15, 0.2) is 60.2 Å². The highest BCUT2D eigenvalue weighted by Crippen LogP contribution is 2.47. The molecule has 0 spiro atoms. The molecule has 0 bridgehead atoms. The zero-order chi connectivity index (χ0) is 25.2. The minimum absolute atomic E-state index is 0.0526. The summed E-state index contributed by atoms with van der Waals surface area (Å²) in [6, 6.07) is 12.4. The van der Waals surface area contributed by atoms with Gasteiger partial charge in [0.05, 0.1) is 18.6 Å². The molecule has 0 aromatic heterocycles. The number of halogens is 1. The number of para-hydroxylation sites is 1. The number of nitrogens with one attached hydrogen (secondary N) is 1. The minimum atomic E-state index is -1.19. The molecule has 190 valence electrons. The third-order valence-corrected chi connectivity index (χ3v) is 7.02. The van der Waals surface area contributed by atoms with Crippen molar-refractivity contribution in [3.63, 3.8) is 0 Å². The summed E-state index contributed by atoms with van der Waals surface area (Å²) in [4.78, 5) is 28.2. The van der Waals surface area contributed by atoms with Gasteiger partial charge in [0.1, 0.15) is 29.9 Å². The molecule has 2 heterocycles. The first-order valence-electron chi connectivity index (χ1n) is 12.2. The highest BCUT2D eigenvalue weighted by molar-refractivity contribution is 5.96. The van der Waals surface area contributed by atoms with E-state index in [9.17, 15) is 24.2 Å². The van der Waals surface area contributed by atoms with Crippen molar-refractivity contribution in [2.75, 3.05) is 19.8 Å². The monoisotopic (exact) mass is 496 g/mol. The Balaban J connectivity index is 1.56. The van der Waals surface area contributed by atoms with Gasteiger partial charge in [0.15, 0.2) is 0 Å². The maximum atomic E-state index is 14.6. The van der Waals surface area contributed by atoms with Crippen LogP contribution in [0.3, 0.4) is 0 Å². The van der Waals surface area contributed by atoms with Gasteiger partial charge in [-0.1, -0.05) is 36.4 Å². The Hall–Kier alpha value is -3.27. The quantitative estimate of drug-likeness (QED) is 0.538. The molecule has 8 nitrogen and oxygen atoms in total. The normalized spacial score (nSPS) is 26.4. The van der Waals surface area contributed by atoms with E-state index in [1.807, 2.05) is 12.1 Å². The molecule has 0 saturated carbocycles. The molecule has 3 N–H and O–H groups in total. The summed E-state index contributed by atoms with van der Waals surface area (Å²) < 4.78 is 26.4. The number of hydrogen-bond donors (Lipinski definition) is 3. The molecule has 2 aromatic rings. The maximum absolute atomic E-state index is 14.6. The van der Waals surface area contributed by atoms with E-state index in [0.717, 1.165) is 12.0 Å². The molecule has 1 fully saturated rings. The molecule has 2 amide bonds. The lowest BCUT2D eigenvalue weighted by Crippen LogP contribution is -2.57. The lowest BCUT2D eigenvalue weighted by Gasteiger charge is -2.41. The number of hydrogen-bond acceptors (Lipinski definition) is 6. The smallest absolute Gasteiger partial charge is 0.252 e.